The fourth-order valence-electron chi connectivity index (χ4n) is 1.79. The van der Waals surface area contributed by atoms with Crippen molar-refractivity contribution in [2.45, 2.75) is 18.9 Å². The number of nitrogens with one attached hydrogen (secondary N) is 1. The van der Waals surface area contributed by atoms with Crippen molar-refractivity contribution in [1.82, 2.24) is 0 Å². The molecule has 0 aromatic heterocycles. The molecule has 3 N–H and O–H groups in total. The van der Waals surface area contributed by atoms with Crippen molar-refractivity contribution in [2.75, 3.05) is 18.5 Å². The summed E-state index contributed by atoms with van der Waals surface area (Å²) >= 11 is 3.08. The monoisotopic (exact) mass is 316 g/mol. The molecule has 2 rings (SSSR count). The molecule has 1 unspecified atom stereocenters. The van der Waals surface area contributed by atoms with E-state index < -0.39 is 5.54 Å². The third kappa shape index (κ3) is 2.55. The first-order valence-corrected chi connectivity index (χ1v) is 6.35. The first kappa shape index (κ1) is 13.5. The van der Waals surface area contributed by atoms with Crippen LogP contribution in [0.25, 0.3) is 0 Å². The summed E-state index contributed by atoms with van der Waals surface area (Å²) < 4.78 is 18.7. The molecule has 6 heteroatoms. The van der Waals surface area contributed by atoms with Gasteiger partial charge in [0.05, 0.1) is 11.1 Å². The molecule has 98 valence electrons. The molecule has 1 heterocycles. The van der Waals surface area contributed by atoms with E-state index >= 15 is 0 Å². The number of benzene rings is 1. The van der Waals surface area contributed by atoms with E-state index in [2.05, 4.69) is 21.2 Å². The van der Waals surface area contributed by atoms with Gasteiger partial charge in [0.1, 0.15) is 11.4 Å². The second kappa shape index (κ2) is 4.95. The lowest BCUT2D eigenvalue weighted by Gasteiger charge is -2.21. The van der Waals surface area contributed by atoms with E-state index in [0.717, 1.165) is 0 Å². The summed E-state index contributed by atoms with van der Waals surface area (Å²) in [4.78, 5) is 12.1. The minimum absolute atomic E-state index is 0.209. The zero-order valence-corrected chi connectivity index (χ0v) is 11.5. The Bertz CT molecular complexity index is 487. The van der Waals surface area contributed by atoms with Crippen LogP contribution in [0.4, 0.5) is 10.1 Å². The maximum absolute atomic E-state index is 13.3. The Morgan fingerprint density at radius 2 is 2.33 bits per heavy atom. The first-order valence-electron chi connectivity index (χ1n) is 5.56. The van der Waals surface area contributed by atoms with E-state index in [1.807, 2.05) is 0 Å². The number of carbonyl (C=O) groups excluding carboxylic acids is 1. The van der Waals surface area contributed by atoms with Gasteiger partial charge >= 0.3 is 0 Å². The van der Waals surface area contributed by atoms with Crippen LogP contribution in [-0.4, -0.2) is 24.7 Å². The molecule has 0 spiro atoms. The number of ether oxygens (including phenoxy) is 1. The summed E-state index contributed by atoms with van der Waals surface area (Å²) in [5, 5.41) is 2.72. The molecule has 1 aliphatic heterocycles. The van der Waals surface area contributed by atoms with Gasteiger partial charge in [-0.15, -0.1) is 0 Å². The zero-order chi connectivity index (χ0) is 13.3. The average molecular weight is 317 g/mol. The molecule has 18 heavy (non-hydrogen) atoms. The summed E-state index contributed by atoms with van der Waals surface area (Å²) in [7, 11) is 0. The van der Waals surface area contributed by atoms with Gasteiger partial charge in [-0.1, -0.05) is 0 Å². The summed E-state index contributed by atoms with van der Waals surface area (Å²) in [5.74, 6) is -0.668. The van der Waals surface area contributed by atoms with Crippen LogP contribution < -0.4 is 11.1 Å². The number of nitrogens with two attached hydrogens (primary N) is 1. The SMILES string of the molecule is Cc1cc(F)c(Br)cc1NC(=O)C1(N)CCOC1. The van der Waals surface area contributed by atoms with Gasteiger partial charge in [-0.2, -0.15) is 0 Å². The van der Waals surface area contributed by atoms with Crippen LogP contribution in [0.3, 0.4) is 0 Å². The smallest absolute Gasteiger partial charge is 0.246 e. The van der Waals surface area contributed by atoms with Crippen LogP contribution in [-0.2, 0) is 9.53 Å². The lowest BCUT2D eigenvalue weighted by atomic mass is 9.99. The molecule has 0 saturated carbocycles. The van der Waals surface area contributed by atoms with E-state index in [-0.39, 0.29) is 18.3 Å². The lowest BCUT2D eigenvalue weighted by Crippen LogP contribution is -2.51. The Labute approximate surface area is 113 Å². The molecule has 1 aliphatic rings. The normalized spacial score (nSPS) is 23.1. The third-order valence-corrected chi connectivity index (χ3v) is 3.63. The van der Waals surface area contributed by atoms with Gasteiger partial charge in [0.25, 0.3) is 0 Å². The van der Waals surface area contributed by atoms with Gasteiger partial charge in [-0.3, -0.25) is 4.79 Å². The molecule has 1 aromatic carbocycles. The summed E-state index contributed by atoms with van der Waals surface area (Å²) in [6, 6.07) is 2.88. The van der Waals surface area contributed by atoms with Gasteiger partial charge in [-0.25, -0.2) is 4.39 Å². The quantitative estimate of drug-likeness (QED) is 0.876. The van der Waals surface area contributed by atoms with Crippen molar-refractivity contribution in [2.24, 2.45) is 5.73 Å². The van der Waals surface area contributed by atoms with E-state index in [1.54, 1.807) is 6.92 Å². The molecule has 1 amide bonds. The number of rotatable bonds is 2. The topological polar surface area (TPSA) is 64.4 Å². The predicted octanol–water partition coefficient (Wildman–Crippen LogP) is 1.95. The minimum Gasteiger partial charge on any atom is -0.379 e. The van der Waals surface area contributed by atoms with Crippen molar-refractivity contribution in [3.05, 3.63) is 28.0 Å². The largest absolute Gasteiger partial charge is 0.379 e. The maximum Gasteiger partial charge on any atom is 0.246 e. The van der Waals surface area contributed by atoms with Crippen molar-refractivity contribution < 1.29 is 13.9 Å². The van der Waals surface area contributed by atoms with Crippen LogP contribution in [0, 0.1) is 12.7 Å². The van der Waals surface area contributed by atoms with Crippen LogP contribution in [0.2, 0.25) is 0 Å². The molecule has 0 aliphatic carbocycles. The highest BCUT2D eigenvalue weighted by Gasteiger charge is 2.38. The number of amides is 1. The third-order valence-electron chi connectivity index (χ3n) is 3.02. The number of carbonyl (C=O) groups is 1. The highest BCUT2D eigenvalue weighted by molar-refractivity contribution is 9.10. The van der Waals surface area contributed by atoms with E-state index in [0.29, 0.717) is 28.8 Å². The van der Waals surface area contributed by atoms with Gasteiger partial charge in [0.15, 0.2) is 0 Å². The molecule has 1 aromatic rings. The number of hydrogen-bond donors (Lipinski definition) is 2. The lowest BCUT2D eigenvalue weighted by molar-refractivity contribution is -0.121. The second-order valence-corrected chi connectivity index (χ2v) is 5.35. The van der Waals surface area contributed by atoms with E-state index in [1.165, 1.54) is 12.1 Å². The Balaban J connectivity index is 2.19. The fourth-order valence-corrected chi connectivity index (χ4v) is 2.13. The Morgan fingerprint density at radius 1 is 1.61 bits per heavy atom. The molecule has 4 nitrogen and oxygen atoms in total. The van der Waals surface area contributed by atoms with Gasteiger partial charge < -0.3 is 15.8 Å². The van der Waals surface area contributed by atoms with Crippen molar-refractivity contribution >= 4 is 27.5 Å². The number of anilines is 1. The Kier molecular flexibility index (Phi) is 3.70. The molecule has 1 saturated heterocycles. The van der Waals surface area contributed by atoms with E-state index in [4.69, 9.17) is 10.5 Å². The predicted molar refractivity (Wildman–Crippen MR) is 69.8 cm³/mol. The van der Waals surface area contributed by atoms with Crippen LogP contribution in [0.5, 0.6) is 0 Å². The van der Waals surface area contributed by atoms with Crippen molar-refractivity contribution in [1.29, 1.82) is 0 Å². The van der Waals surface area contributed by atoms with Crippen molar-refractivity contribution in [3.8, 4) is 0 Å². The van der Waals surface area contributed by atoms with Crippen LogP contribution >= 0.6 is 15.9 Å². The zero-order valence-electron chi connectivity index (χ0n) is 9.93. The summed E-state index contributed by atoms with van der Waals surface area (Å²) in [6.45, 7) is 2.41. The molecular weight excluding hydrogens is 303 g/mol. The number of hydrogen-bond acceptors (Lipinski definition) is 3. The molecule has 1 atom stereocenters. The summed E-state index contributed by atoms with van der Waals surface area (Å²) in [6.07, 6.45) is 0.486. The molecule has 0 bridgehead atoms. The number of halogens is 2. The molecule has 1 fully saturated rings. The maximum atomic E-state index is 13.3. The summed E-state index contributed by atoms with van der Waals surface area (Å²) in [5.41, 5.74) is 6.14. The van der Waals surface area contributed by atoms with Crippen molar-refractivity contribution in [3.63, 3.8) is 0 Å². The van der Waals surface area contributed by atoms with E-state index in [9.17, 15) is 9.18 Å². The standard InChI is InChI=1S/C12H14BrFN2O2/c1-7-4-9(14)8(13)5-10(7)16-11(17)12(15)2-3-18-6-12/h4-5H,2-3,6,15H2,1H3,(H,16,17). The number of aryl methyl sites for hydroxylation is 1. The Morgan fingerprint density at radius 3 is 2.94 bits per heavy atom. The minimum atomic E-state index is -0.993. The van der Waals surface area contributed by atoms with Crippen LogP contribution in [0.1, 0.15) is 12.0 Å². The van der Waals surface area contributed by atoms with Gasteiger partial charge in [0.2, 0.25) is 5.91 Å². The molecule has 0 radical (unpaired) electrons. The molecular formula is C12H14BrFN2O2. The first-order chi connectivity index (χ1) is 8.42. The second-order valence-electron chi connectivity index (χ2n) is 4.49. The van der Waals surface area contributed by atoms with Crippen LogP contribution in [0.15, 0.2) is 16.6 Å². The fraction of sp³-hybridized carbons (Fsp3) is 0.417. The van der Waals surface area contributed by atoms with Gasteiger partial charge in [0, 0.05) is 12.3 Å². The van der Waals surface area contributed by atoms with Gasteiger partial charge in [-0.05, 0) is 47.0 Å². The highest BCUT2D eigenvalue weighted by atomic mass is 79.9. The Hall–Kier alpha value is -0.980. The highest BCUT2D eigenvalue weighted by Crippen LogP contribution is 2.26. The average Bonchev–Trinajstić information content (AvgIpc) is 2.74.